The topological polar surface area (TPSA) is 65.4 Å². The Balaban J connectivity index is 1.49. The number of amides is 1. The van der Waals surface area contributed by atoms with Crippen LogP contribution in [0.25, 0.3) is 0 Å². The standard InChI is InChI=1S/C19H17N3O3/c1-13-9-18(21-22(13)11-14-5-3-2-4-6-14)20-19(23)15-7-8-16-17(10-15)25-12-24-16/h2-10H,11-12H2,1H3,(H,20,21,23). The van der Waals surface area contributed by atoms with Crippen molar-refractivity contribution in [2.75, 3.05) is 12.1 Å². The number of fused-ring (bicyclic) bond motifs is 1. The van der Waals surface area contributed by atoms with E-state index in [1.54, 1.807) is 18.2 Å². The van der Waals surface area contributed by atoms with Crippen LogP contribution in [0.4, 0.5) is 5.82 Å². The predicted molar refractivity (Wildman–Crippen MR) is 93.0 cm³/mol. The summed E-state index contributed by atoms with van der Waals surface area (Å²) in [5.74, 6) is 1.52. The summed E-state index contributed by atoms with van der Waals surface area (Å²) in [6.07, 6.45) is 0. The van der Waals surface area contributed by atoms with Gasteiger partial charge < -0.3 is 14.8 Å². The molecule has 126 valence electrons. The molecule has 25 heavy (non-hydrogen) atoms. The van der Waals surface area contributed by atoms with E-state index < -0.39 is 0 Å². The van der Waals surface area contributed by atoms with E-state index in [1.165, 1.54) is 0 Å². The van der Waals surface area contributed by atoms with Crippen LogP contribution in [0.3, 0.4) is 0 Å². The number of carbonyl (C=O) groups excluding carboxylic acids is 1. The molecule has 0 fully saturated rings. The van der Waals surface area contributed by atoms with Crippen LogP contribution < -0.4 is 14.8 Å². The molecule has 0 saturated carbocycles. The zero-order valence-corrected chi connectivity index (χ0v) is 13.7. The first kappa shape index (κ1) is 15.3. The highest BCUT2D eigenvalue weighted by Crippen LogP contribution is 2.32. The molecule has 0 bridgehead atoms. The Labute approximate surface area is 145 Å². The Bertz CT molecular complexity index is 919. The van der Waals surface area contributed by atoms with E-state index in [0.29, 0.717) is 29.4 Å². The number of aromatic nitrogens is 2. The normalized spacial score (nSPS) is 12.2. The maximum atomic E-state index is 12.4. The van der Waals surface area contributed by atoms with Gasteiger partial charge in [-0.15, -0.1) is 0 Å². The molecule has 0 atom stereocenters. The van der Waals surface area contributed by atoms with Crippen molar-refractivity contribution in [1.82, 2.24) is 9.78 Å². The van der Waals surface area contributed by atoms with Gasteiger partial charge in [0.1, 0.15) is 0 Å². The number of nitrogens with zero attached hydrogens (tertiary/aromatic N) is 2. The van der Waals surface area contributed by atoms with Crippen molar-refractivity contribution in [3.05, 3.63) is 71.4 Å². The third-order valence-corrected chi connectivity index (χ3v) is 4.03. The number of benzene rings is 2. The van der Waals surface area contributed by atoms with Crippen molar-refractivity contribution in [3.63, 3.8) is 0 Å². The fraction of sp³-hybridized carbons (Fsp3) is 0.158. The van der Waals surface area contributed by atoms with Gasteiger partial charge in [-0.2, -0.15) is 5.10 Å². The summed E-state index contributed by atoms with van der Waals surface area (Å²) in [5, 5.41) is 7.30. The number of hydrogen-bond acceptors (Lipinski definition) is 4. The third kappa shape index (κ3) is 3.19. The van der Waals surface area contributed by atoms with Gasteiger partial charge in [0.15, 0.2) is 17.3 Å². The molecular formula is C19H17N3O3. The summed E-state index contributed by atoms with van der Waals surface area (Å²) in [6.45, 7) is 2.81. The molecule has 4 rings (SSSR count). The minimum absolute atomic E-state index is 0.184. The monoisotopic (exact) mass is 335 g/mol. The van der Waals surface area contributed by atoms with Gasteiger partial charge >= 0.3 is 0 Å². The Morgan fingerprint density at radius 2 is 1.92 bits per heavy atom. The minimum Gasteiger partial charge on any atom is -0.454 e. The molecule has 3 aromatic rings. The Kier molecular flexibility index (Phi) is 3.85. The SMILES string of the molecule is Cc1cc(NC(=O)c2ccc3c(c2)OCO3)nn1Cc1ccccc1. The zero-order valence-electron chi connectivity index (χ0n) is 13.7. The average molecular weight is 335 g/mol. The van der Waals surface area contributed by atoms with Crippen molar-refractivity contribution in [3.8, 4) is 11.5 Å². The summed E-state index contributed by atoms with van der Waals surface area (Å²) in [6, 6.07) is 17.0. The lowest BCUT2D eigenvalue weighted by Crippen LogP contribution is -2.13. The zero-order chi connectivity index (χ0) is 17.2. The maximum absolute atomic E-state index is 12.4. The van der Waals surface area contributed by atoms with Gasteiger partial charge in [-0.05, 0) is 30.7 Å². The number of hydrogen-bond donors (Lipinski definition) is 1. The molecular weight excluding hydrogens is 318 g/mol. The average Bonchev–Trinajstić information content (AvgIpc) is 3.22. The number of aryl methyl sites for hydroxylation is 1. The van der Waals surface area contributed by atoms with Crippen molar-refractivity contribution >= 4 is 11.7 Å². The highest BCUT2D eigenvalue weighted by Gasteiger charge is 2.17. The number of carbonyl (C=O) groups is 1. The molecule has 1 aliphatic heterocycles. The van der Waals surface area contributed by atoms with E-state index >= 15 is 0 Å². The fourth-order valence-electron chi connectivity index (χ4n) is 2.71. The Hall–Kier alpha value is -3.28. The number of ether oxygens (including phenoxy) is 2. The van der Waals surface area contributed by atoms with Crippen molar-refractivity contribution in [1.29, 1.82) is 0 Å². The lowest BCUT2D eigenvalue weighted by molar-refractivity contribution is 0.102. The molecule has 0 radical (unpaired) electrons. The van der Waals surface area contributed by atoms with E-state index in [1.807, 2.05) is 48.0 Å². The summed E-state index contributed by atoms with van der Waals surface area (Å²) in [4.78, 5) is 12.4. The van der Waals surface area contributed by atoms with Crippen LogP contribution in [0.5, 0.6) is 11.5 Å². The smallest absolute Gasteiger partial charge is 0.257 e. The number of nitrogens with one attached hydrogen (secondary N) is 1. The van der Waals surface area contributed by atoms with Crippen LogP contribution in [-0.4, -0.2) is 22.5 Å². The van der Waals surface area contributed by atoms with Crippen molar-refractivity contribution in [2.45, 2.75) is 13.5 Å². The van der Waals surface area contributed by atoms with E-state index in [2.05, 4.69) is 10.4 Å². The molecule has 1 amide bonds. The van der Waals surface area contributed by atoms with Crippen LogP contribution in [0, 0.1) is 6.92 Å². The molecule has 6 nitrogen and oxygen atoms in total. The van der Waals surface area contributed by atoms with Gasteiger partial charge in [0, 0.05) is 17.3 Å². The highest BCUT2D eigenvalue weighted by atomic mass is 16.7. The second-order valence-electron chi connectivity index (χ2n) is 5.84. The van der Waals surface area contributed by atoms with Crippen molar-refractivity contribution in [2.24, 2.45) is 0 Å². The molecule has 0 saturated heterocycles. The molecule has 0 aliphatic carbocycles. The first-order valence-electron chi connectivity index (χ1n) is 7.98. The van der Waals surface area contributed by atoms with Crippen LogP contribution in [0.2, 0.25) is 0 Å². The van der Waals surface area contributed by atoms with Gasteiger partial charge in [-0.1, -0.05) is 30.3 Å². The van der Waals surface area contributed by atoms with Crippen LogP contribution >= 0.6 is 0 Å². The summed E-state index contributed by atoms with van der Waals surface area (Å²) in [5.41, 5.74) is 2.63. The van der Waals surface area contributed by atoms with Gasteiger partial charge in [0.25, 0.3) is 5.91 Å². The van der Waals surface area contributed by atoms with E-state index in [4.69, 9.17) is 9.47 Å². The molecule has 6 heteroatoms. The van der Waals surface area contributed by atoms with Crippen LogP contribution in [-0.2, 0) is 6.54 Å². The lowest BCUT2D eigenvalue weighted by Gasteiger charge is -2.05. The predicted octanol–water partition coefficient (Wildman–Crippen LogP) is 3.22. The second-order valence-corrected chi connectivity index (χ2v) is 5.84. The highest BCUT2D eigenvalue weighted by molar-refractivity contribution is 6.04. The summed E-state index contributed by atoms with van der Waals surface area (Å²) in [7, 11) is 0. The van der Waals surface area contributed by atoms with Gasteiger partial charge in [0.05, 0.1) is 6.54 Å². The molecule has 2 heterocycles. The van der Waals surface area contributed by atoms with E-state index in [9.17, 15) is 4.79 Å². The maximum Gasteiger partial charge on any atom is 0.257 e. The van der Waals surface area contributed by atoms with Gasteiger partial charge in [0.2, 0.25) is 6.79 Å². The first-order valence-corrected chi connectivity index (χ1v) is 7.98. The lowest BCUT2D eigenvalue weighted by atomic mass is 10.2. The summed E-state index contributed by atoms with van der Waals surface area (Å²) < 4.78 is 12.4. The fourth-order valence-corrected chi connectivity index (χ4v) is 2.71. The quantitative estimate of drug-likeness (QED) is 0.795. The minimum atomic E-state index is -0.234. The van der Waals surface area contributed by atoms with Gasteiger partial charge in [-0.25, -0.2) is 0 Å². The van der Waals surface area contributed by atoms with Crippen LogP contribution in [0.1, 0.15) is 21.6 Å². The molecule has 0 spiro atoms. The van der Waals surface area contributed by atoms with Crippen LogP contribution in [0.15, 0.2) is 54.6 Å². The van der Waals surface area contributed by atoms with E-state index in [0.717, 1.165) is 11.3 Å². The second kappa shape index (κ2) is 6.32. The summed E-state index contributed by atoms with van der Waals surface area (Å²) >= 11 is 0. The number of rotatable bonds is 4. The Morgan fingerprint density at radius 1 is 1.12 bits per heavy atom. The molecule has 2 aromatic carbocycles. The molecule has 1 aliphatic rings. The largest absolute Gasteiger partial charge is 0.454 e. The first-order chi connectivity index (χ1) is 12.2. The molecule has 0 unspecified atom stereocenters. The molecule has 1 N–H and O–H groups in total. The van der Waals surface area contributed by atoms with Gasteiger partial charge in [-0.3, -0.25) is 9.48 Å². The number of anilines is 1. The van der Waals surface area contributed by atoms with Crippen molar-refractivity contribution < 1.29 is 14.3 Å². The Morgan fingerprint density at radius 3 is 2.76 bits per heavy atom. The third-order valence-electron chi connectivity index (χ3n) is 4.03. The van der Waals surface area contributed by atoms with E-state index in [-0.39, 0.29) is 12.7 Å². The molecule has 1 aromatic heterocycles.